The standard InChI is InChI=1S/C8H8O3S.Ca.2H/c1-2-11-12(9,10)8-6-4-3-5-7-8;;;/h2-7H,1H2;;;. The van der Waals surface area contributed by atoms with Crippen LogP contribution in [0.5, 0.6) is 0 Å². The Labute approximate surface area is 108 Å². The molecular weight excluding hydrogens is 216 g/mol. The molecule has 0 spiro atoms. The number of hydrogen-bond donors (Lipinski definition) is 0. The first kappa shape index (κ1) is 13.0. The van der Waals surface area contributed by atoms with E-state index in [1.54, 1.807) is 18.2 Å². The Kier molecular flexibility index (Phi) is 5.63. The Hall–Kier alpha value is -0.0303. The average Bonchev–Trinajstić information content (AvgIpc) is 2.06. The summed E-state index contributed by atoms with van der Waals surface area (Å²) >= 11 is 0. The van der Waals surface area contributed by atoms with E-state index in [9.17, 15) is 8.42 Å². The molecule has 0 saturated heterocycles. The molecule has 3 nitrogen and oxygen atoms in total. The quantitative estimate of drug-likeness (QED) is 0.431. The molecule has 0 aliphatic rings. The number of rotatable bonds is 3. The molecule has 0 bridgehead atoms. The number of benzene rings is 1. The molecule has 1 rings (SSSR count). The van der Waals surface area contributed by atoms with Crippen molar-refractivity contribution in [2.75, 3.05) is 0 Å². The first-order valence-electron chi connectivity index (χ1n) is 3.26. The van der Waals surface area contributed by atoms with E-state index < -0.39 is 10.1 Å². The van der Waals surface area contributed by atoms with Gasteiger partial charge in [0.05, 0.1) is 6.26 Å². The van der Waals surface area contributed by atoms with Crippen LogP contribution in [-0.4, -0.2) is 46.2 Å². The Morgan fingerprint density at radius 3 is 2.23 bits per heavy atom. The molecule has 0 fully saturated rings. The Morgan fingerprint density at radius 2 is 1.77 bits per heavy atom. The van der Waals surface area contributed by atoms with E-state index in [2.05, 4.69) is 10.8 Å². The fourth-order valence-electron chi connectivity index (χ4n) is 0.732. The van der Waals surface area contributed by atoms with Crippen LogP contribution in [0.2, 0.25) is 0 Å². The van der Waals surface area contributed by atoms with E-state index >= 15 is 0 Å². The first-order chi connectivity index (χ1) is 5.67. The van der Waals surface area contributed by atoms with Crippen molar-refractivity contribution >= 4 is 47.9 Å². The number of hydrogen-bond acceptors (Lipinski definition) is 3. The first-order valence-corrected chi connectivity index (χ1v) is 4.67. The van der Waals surface area contributed by atoms with Gasteiger partial charge in [-0.1, -0.05) is 24.8 Å². The van der Waals surface area contributed by atoms with Crippen LogP contribution in [0.15, 0.2) is 48.1 Å². The minimum atomic E-state index is -3.63. The second-order valence-corrected chi connectivity index (χ2v) is 3.60. The molecule has 0 heterocycles. The third kappa shape index (κ3) is 3.68. The van der Waals surface area contributed by atoms with E-state index in [1.807, 2.05) is 0 Å². The van der Waals surface area contributed by atoms with Gasteiger partial charge < -0.3 is 4.18 Å². The average molecular weight is 226 g/mol. The molecule has 0 aliphatic carbocycles. The van der Waals surface area contributed by atoms with Gasteiger partial charge >= 0.3 is 47.9 Å². The van der Waals surface area contributed by atoms with E-state index in [0.29, 0.717) is 0 Å². The van der Waals surface area contributed by atoms with Crippen molar-refractivity contribution in [2.24, 2.45) is 0 Å². The van der Waals surface area contributed by atoms with Gasteiger partial charge in [0.1, 0.15) is 4.90 Å². The summed E-state index contributed by atoms with van der Waals surface area (Å²) in [7, 11) is -3.63. The van der Waals surface area contributed by atoms with Gasteiger partial charge in [-0.05, 0) is 12.1 Å². The molecular formula is C8H10CaO3S. The van der Waals surface area contributed by atoms with Crippen molar-refractivity contribution in [3.8, 4) is 0 Å². The molecule has 0 atom stereocenters. The van der Waals surface area contributed by atoms with Crippen LogP contribution >= 0.6 is 0 Å². The van der Waals surface area contributed by atoms with Gasteiger partial charge in [-0.3, -0.25) is 0 Å². The van der Waals surface area contributed by atoms with Crippen LogP contribution in [0.4, 0.5) is 0 Å². The summed E-state index contributed by atoms with van der Waals surface area (Å²) < 4.78 is 26.6. The van der Waals surface area contributed by atoms with E-state index in [-0.39, 0.29) is 42.6 Å². The van der Waals surface area contributed by atoms with Crippen LogP contribution in [0, 0.1) is 0 Å². The van der Waals surface area contributed by atoms with Crippen molar-refractivity contribution < 1.29 is 12.6 Å². The van der Waals surface area contributed by atoms with Crippen molar-refractivity contribution in [1.82, 2.24) is 0 Å². The SMILES string of the molecule is C=COS(=O)(=O)c1ccccc1.[CaH2]. The van der Waals surface area contributed by atoms with E-state index in [4.69, 9.17) is 0 Å². The molecule has 0 amide bonds. The van der Waals surface area contributed by atoms with Gasteiger partial charge in [0, 0.05) is 0 Å². The van der Waals surface area contributed by atoms with Gasteiger partial charge in [0.2, 0.25) is 0 Å². The molecule has 5 heteroatoms. The maximum absolute atomic E-state index is 11.1. The Bertz CT molecular complexity index is 358. The zero-order chi connectivity index (χ0) is 9.03. The molecule has 0 saturated carbocycles. The summed E-state index contributed by atoms with van der Waals surface area (Å²) in [6.45, 7) is 3.17. The summed E-state index contributed by atoms with van der Waals surface area (Å²) in [5.41, 5.74) is 0. The minimum absolute atomic E-state index is 0. The fraction of sp³-hybridized carbons (Fsp3) is 0. The summed E-state index contributed by atoms with van der Waals surface area (Å²) in [5, 5.41) is 0. The third-order valence-electron chi connectivity index (χ3n) is 1.23. The Balaban J connectivity index is 0.00000144. The zero-order valence-corrected chi connectivity index (χ0v) is 7.12. The van der Waals surface area contributed by atoms with Gasteiger partial charge in [0.15, 0.2) is 0 Å². The summed E-state index contributed by atoms with van der Waals surface area (Å²) in [6.07, 6.45) is 0.891. The molecule has 0 N–H and O–H groups in total. The van der Waals surface area contributed by atoms with Gasteiger partial charge in [-0.2, -0.15) is 8.42 Å². The molecule has 1 aromatic rings. The summed E-state index contributed by atoms with van der Waals surface area (Å²) in [6, 6.07) is 7.89. The van der Waals surface area contributed by atoms with Crippen LogP contribution in [-0.2, 0) is 14.3 Å². The predicted molar refractivity (Wildman–Crippen MR) is 53.5 cm³/mol. The molecule has 68 valence electrons. The molecule has 0 aliphatic heterocycles. The third-order valence-corrected chi connectivity index (χ3v) is 2.47. The molecule has 0 unspecified atom stereocenters. The second kappa shape index (κ2) is 5.65. The van der Waals surface area contributed by atoms with Gasteiger partial charge in [-0.25, -0.2) is 0 Å². The summed E-state index contributed by atoms with van der Waals surface area (Å²) in [4.78, 5) is 0.130. The van der Waals surface area contributed by atoms with Crippen molar-refractivity contribution in [3.63, 3.8) is 0 Å². The molecule has 0 radical (unpaired) electrons. The summed E-state index contributed by atoms with van der Waals surface area (Å²) in [5.74, 6) is 0. The van der Waals surface area contributed by atoms with Gasteiger partial charge in [0.25, 0.3) is 0 Å². The fourth-order valence-corrected chi connectivity index (χ4v) is 1.51. The second-order valence-electron chi connectivity index (χ2n) is 2.03. The van der Waals surface area contributed by atoms with Crippen molar-refractivity contribution in [1.29, 1.82) is 0 Å². The van der Waals surface area contributed by atoms with Crippen LogP contribution in [0.1, 0.15) is 0 Å². The Morgan fingerprint density at radius 1 is 1.23 bits per heavy atom. The normalized spacial score (nSPS) is 9.85. The van der Waals surface area contributed by atoms with Crippen LogP contribution < -0.4 is 0 Å². The van der Waals surface area contributed by atoms with Gasteiger partial charge in [-0.15, -0.1) is 0 Å². The monoisotopic (exact) mass is 226 g/mol. The molecule has 13 heavy (non-hydrogen) atoms. The predicted octanol–water partition coefficient (Wildman–Crippen LogP) is 0.619. The maximum atomic E-state index is 11.1. The topological polar surface area (TPSA) is 43.4 Å². The molecule has 0 aromatic heterocycles. The zero-order valence-electron chi connectivity index (χ0n) is 6.30. The van der Waals surface area contributed by atoms with E-state index in [0.717, 1.165) is 6.26 Å². The van der Waals surface area contributed by atoms with Crippen molar-refractivity contribution in [2.45, 2.75) is 4.90 Å². The van der Waals surface area contributed by atoms with E-state index in [1.165, 1.54) is 12.1 Å². The van der Waals surface area contributed by atoms with Crippen LogP contribution in [0.25, 0.3) is 0 Å². The van der Waals surface area contributed by atoms with Crippen LogP contribution in [0.3, 0.4) is 0 Å². The van der Waals surface area contributed by atoms with Crippen molar-refractivity contribution in [3.05, 3.63) is 43.2 Å². The molecule has 1 aromatic carbocycles.